The first-order valence-corrected chi connectivity index (χ1v) is 7.45. The van der Waals surface area contributed by atoms with Gasteiger partial charge in [0.2, 0.25) is 0 Å². The number of hydrogen-bond acceptors (Lipinski definition) is 3. The summed E-state index contributed by atoms with van der Waals surface area (Å²) in [5.41, 5.74) is 10.0. The van der Waals surface area contributed by atoms with Crippen molar-refractivity contribution < 1.29 is 4.74 Å². The van der Waals surface area contributed by atoms with Crippen molar-refractivity contribution in [2.45, 2.75) is 27.4 Å². The predicted molar refractivity (Wildman–Crippen MR) is 85.2 cm³/mol. The Hall–Kier alpha value is -1.76. The van der Waals surface area contributed by atoms with Gasteiger partial charge in [0.05, 0.1) is 6.54 Å². The molecule has 0 amide bonds. The first-order valence-electron chi connectivity index (χ1n) is 6.57. The molecule has 2 N–H and O–H groups in total. The van der Waals surface area contributed by atoms with Crippen molar-refractivity contribution in [2.75, 3.05) is 6.54 Å². The fraction of sp³-hybridized carbons (Fsp3) is 0.294. The molecule has 0 aliphatic carbocycles. The van der Waals surface area contributed by atoms with E-state index in [9.17, 15) is 0 Å². The van der Waals surface area contributed by atoms with Gasteiger partial charge in [-0.25, -0.2) is 0 Å². The minimum atomic E-state index is 0.392. The quantitative estimate of drug-likeness (QED) is 0.875. The number of rotatable bonds is 3. The molecule has 0 saturated heterocycles. The maximum atomic E-state index is 5.96. The van der Waals surface area contributed by atoms with Crippen molar-refractivity contribution >= 4 is 11.3 Å². The number of ether oxygens (including phenoxy) is 1. The molecular formula is C17H19NOS. The van der Waals surface area contributed by atoms with Crippen LogP contribution in [0, 0.1) is 32.6 Å². The van der Waals surface area contributed by atoms with Crippen molar-refractivity contribution in [3.8, 4) is 17.6 Å². The summed E-state index contributed by atoms with van der Waals surface area (Å²) in [6.07, 6.45) is 0. The van der Waals surface area contributed by atoms with Crippen molar-refractivity contribution in [3.05, 3.63) is 50.7 Å². The highest BCUT2D eigenvalue weighted by Gasteiger charge is 2.06. The molecule has 0 aliphatic rings. The lowest BCUT2D eigenvalue weighted by molar-refractivity contribution is 0.305. The molecule has 0 radical (unpaired) electrons. The lowest BCUT2D eigenvalue weighted by atomic mass is 10.1. The van der Waals surface area contributed by atoms with E-state index in [-0.39, 0.29) is 0 Å². The van der Waals surface area contributed by atoms with Gasteiger partial charge >= 0.3 is 0 Å². The van der Waals surface area contributed by atoms with Crippen LogP contribution in [0.1, 0.15) is 27.1 Å². The molecule has 3 heteroatoms. The Bertz CT molecular complexity index is 638. The van der Waals surface area contributed by atoms with Crippen LogP contribution in [0.4, 0.5) is 0 Å². The van der Waals surface area contributed by atoms with Crippen molar-refractivity contribution in [3.63, 3.8) is 0 Å². The molecule has 0 spiro atoms. The highest BCUT2D eigenvalue weighted by molar-refractivity contribution is 7.10. The van der Waals surface area contributed by atoms with Crippen LogP contribution in [0.2, 0.25) is 0 Å². The molecule has 0 atom stereocenters. The van der Waals surface area contributed by atoms with E-state index in [0.29, 0.717) is 13.2 Å². The van der Waals surface area contributed by atoms with E-state index < -0.39 is 0 Å². The van der Waals surface area contributed by atoms with E-state index in [1.54, 1.807) is 11.3 Å². The minimum absolute atomic E-state index is 0.392. The van der Waals surface area contributed by atoms with Crippen LogP contribution in [0.25, 0.3) is 0 Å². The Balaban J connectivity index is 2.07. The van der Waals surface area contributed by atoms with Crippen LogP contribution in [-0.4, -0.2) is 6.54 Å². The minimum Gasteiger partial charge on any atom is -0.488 e. The number of thiophene rings is 1. The number of nitrogens with two attached hydrogens (primary N) is 1. The molecule has 1 heterocycles. The zero-order valence-electron chi connectivity index (χ0n) is 12.1. The molecule has 2 rings (SSSR count). The Morgan fingerprint density at radius 3 is 2.50 bits per heavy atom. The Morgan fingerprint density at radius 2 is 1.85 bits per heavy atom. The first kappa shape index (κ1) is 14.6. The van der Waals surface area contributed by atoms with Gasteiger partial charge in [0, 0.05) is 15.8 Å². The van der Waals surface area contributed by atoms with Crippen molar-refractivity contribution in [1.82, 2.24) is 0 Å². The second-order valence-corrected chi connectivity index (χ2v) is 5.82. The van der Waals surface area contributed by atoms with Crippen LogP contribution in [0.15, 0.2) is 23.6 Å². The molecule has 20 heavy (non-hydrogen) atoms. The van der Waals surface area contributed by atoms with E-state index in [1.165, 1.54) is 21.6 Å². The van der Waals surface area contributed by atoms with Gasteiger partial charge in [-0.15, -0.1) is 11.3 Å². The second-order valence-electron chi connectivity index (χ2n) is 4.82. The SMILES string of the molecule is Cc1cc(C)c(OCc2cc(C#CCN)cs2)c(C)c1. The summed E-state index contributed by atoms with van der Waals surface area (Å²) < 4.78 is 5.96. The molecule has 2 aromatic rings. The van der Waals surface area contributed by atoms with Gasteiger partial charge in [-0.1, -0.05) is 29.5 Å². The van der Waals surface area contributed by atoms with E-state index in [2.05, 4.69) is 50.8 Å². The summed E-state index contributed by atoms with van der Waals surface area (Å²) in [7, 11) is 0. The molecular weight excluding hydrogens is 266 g/mol. The normalized spacial score (nSPS) is 10.0. The van der Waals surface area contributed by atoms with Crippen LogP contribution in [0.5, 0.6) is 5.75 Å². The smallest absolute Gasteiger partial charge is 0.125 e. The fourth-order valence-electron chi connectivity index (χ4n) is 2.21. The zero-order valence-corrected chi connectivity index (χ0v) is 12.9. The molecule has 1 aromatic heterocycles. The van der Waals surface area contributed by atoms with E-state index in [4.69, 9.17) is 10.5 Å². The third kappa shape index (κ3) is 3.63. The van der Waals surface area contributed by atoms with Gasteiger partial charge in [0.25, 0.3) is 0 Å². The highest BCUT2D eigenvalue weighted by Crippen LogP contribution is 2.26. The maximum absolute atomic E-state index is 5.96. The largest absolute Gasteiger partial charge is 0.488 e. The third-order valence-electron chi connectivity index (χ3n) is 2.95. The van der Waals surface area contributed by atoms with E-state index in [1.807, 2.05) is 5.38 Å². The second kappa shape index (κ2) is 6.60. The Morgan fingerprint density at radius 1 is 1.15 bits per heavy atom. The number of aryl methyl sites for hydroxylation is 3. The number of hydrogen-bond donors (Lipinski definition) is 1. The van der Waals surface area contributed by atoms with Crippen LogP contribution in [-0.2, 0) is 6.61 Å². The molecule has 0 fully saturated rings. The zero-order chi connectivity index (χ0) is 14.5. The summed E-state index contributed by atoms with van der Waals surface area (Å²) in [6, 6.07) is 6.36. The molecule has 0 aliphatic heterocycles. The summed E-state index contributed by atoms with van der Waals surface area (Å²) >= 11 is 1.67. The Kier molecular flexibility index (Phi) is 4.84. The summed E-state index contributed by atoms with van der Waals surface area (Å²) in [4.78, 5) is 1.17. The van der Waals surface area contributed by atoms with Gasteiger partial charge in [0.1, 0.15) is 12.4 Å². The fourth-order valence-corrected chi connectivity index (χ4v) is 2.94. The number of benzene rings is 1. The van der Waals surface area contributed by atoms with Gasteiger partial charge in [-0.2, -0.15) is 0 Å². The standard InChI is InChI=1S/C17H19NOS/c1-12-7-13(2)17(14(3)8-12)19-10-16-9-15(11-20-16)5-4-6-18/h7-9,11H,6,10,18H2,1-3H3. The lowest BCUT2D eigenvalue weighted by Gasteiger charge is -2.12. The molecule has 0 saturated carbocycles. The van der Waals surface area contributed by atoms with E-state index in [0.717, 1.165) is 11.3 Å². The van der Waals surface area contributed by atoms with E-state index >= 15 is 0 Å². The van der Waals surface area contributed by atoms with Gasteiger partial charge in [0.15, 0.2) is 0 Å². The summed E-state index contributed by atoms with van der Waals surface area (Å²) in [6.45, 7) is 7.25. The molecule has 0 unspecified atom stereocenters. The lowest BCUT2D eigenvalue weighted by Crippen LogP contribution is -1.98. The van der Waals surface area contributed by atoms with Crippen LogP contribution < -0.4 is 10.5 Å². The van der Waals surface area contributed by atoms with Gasteiger partial charge in [-0.3, -0.25) is 0 Å². The predicted octanol–water partition coefficient (Wildman–Crippen LogP) is 3.56. The average molecular weight is 285 g/mol. The molecule has 2 nitrogen and oxygen atoms in total. The van der Waals surface area contributed by atoms with Crippen LogP contribution >= 0.6 is 11.3 Å². The third-order valence-corrected chi connectivity index (χ3v) is 3.86. The van der Waals surface area contributed by atoms with Gasteiger partial charge < -0.3 is 10.5 Å². The van der Waals surface area contributed by atoms with Crippen molar-refractivity contribution in [1.29, 1.82) is 0 Å². The average Bonchev–Trinajstić information content (AvgIpc) is 2.83. The summed E-state index contributed by atoms with van der Waals surface area (Å²) in [5, 5.41) is 2.04. The molecule has 104 valence electrons. The maximum Gasteiger partial charge on any atom is 0.125 e. The monoisotopic (exact) mass is 285 g/mol. The van der Waals surface area contributed by atoms with Crippen LogP contribution in [0.3, 0.4) is 0 Å². The Labute approximate surface area is 124 Å². The van der Waals surface area contributed by atoms with Crippen molar-refractivity contribution in [2.24, 2.45) is 5.73 Å². The molecule has 1 aromatic carbocycles. The topological polar surface area (TPSA) is 35.2 Å². The first-order chi connectivity index (χ1) is 9.60. The van der Waals surface area contributed by atoms with Gasteiger partial charge in [-0.05, 0) is 38.0 Å². The molecule has 0 bridgehead atoms. The highest BCUT2D eigenvalue weighted by atomic mass is 32.1. The summed E-state index contributed by atoms with van der Waals surface area (Å²) in [5.74, 6) is 6.88.